The van der Waals surface area contributed by atoms with Gasteiger partial charge in [-0.15, -0.1) is 11.3 Å². The lowest BCUT2D eigenvalue weighted by molar-refractivity contribution is 0.0685. The first-order chi connectivity index (χ1) is 9.83. The summed E-state index contributed by atoms with van der Waals surface area (Å²) in [7, 11) is -3.77. The second kappa shape index (κ2) is 6.18. The van der Waals surface area contributed by atoms with E-state index in [0.717, 1.165) is 10.9 Å². The fourth-order valence-corrected chi connectivity index (χ4v) is 3.93. The second-order valence-electron chi connectivity index (χ2n) is 4.18. The highest BCUT2D eigenvalue weighted by molar-refractivity contribution is 7.89. The van der Waals surface area contributed by atoms with E-state index in [0.29, 0.717) is 10.9 Å². The molecular formula is C12H13ClN2O4S2. The molecule has 2 aromatic heterocycles. The molecule has 21 heavy (non-hydrogen) atoms. The Morgan fingerprint density at radius 2 is 2.19 bits per heavy atom. The standard InChI is InChI=1S/C12H13ClN2O4S2/c1-2-15-7-9(5-10(15)12(16)17)21(18,19)14-6-8-3-4-11(13)20-8/h3-5,7,14H,2,6H2,1H3,(H,16,17). The van der Waals surface area contributed by atoms with Crippen molar-refractivity contribution in [3.8, 4) is 0 Å². The molecule has 0 aliphatic heterocycles. The van der Waals surface area contributed by atoms with Crippen molar-refractivity contribution >= 4 is 38.9 Å². The van der Waals surface area contributed by atoms with Gasteiger partial charge in [0.05, 0.1) is 4.34 Å². The molecule has 114 valence electrons. The van der Waals surface area contributed by atoms with Crippen molar-refractivity contribution in [1.82, 2.24) is 9.29 Å². The molecule has 0 fully saturated rings. The Morgan fingerprint density at radius 3 is 2.67 bits per heavy atom. The number of thiophene rings is 1. The Labute approximate surface area is 131 Å². The monoisotopic (exact) mass is 348 g/mol. The second-order valence-corrected chi connectivity index (χ2v) is 7.75. The van der Waals surface area contributed by atoms with Gasteiger partial charge in [-0.3, -0.25) is 0 Å². The Bertz CT molecular complexity index is 764. The third kappa shape index (κ3) is 3.65. The molecule has 0 amide bonds. The first-order valence-corrected chi connectivity index (χ1v) is 8.68. The summed E-state index contributed by atoms with van der Waals surface area (Å²) in [6, 6.07) is 4.57. The summed E-state index contributed by atoms with van der Waals surface area (Å²) >= 11 is 7.06. The van der Waals surface area contributed by atoms with Gasteiger partial charge in [0, 0.05) is 24.2 Å². The van der Waals surface area contributed by atoms with Gasteiger partial charge in [-0.2, -0.15) is 0 Å². The minimum Gasteiger partial charge on any atom is -0.477 e. The van der Waals surface area contributed by atoms with Crippen LogP contribution in [0, 0.1) is 0 Å². The average molecular weight is 349 g/mol. The number of carboxylic acid groups (broad SMARTS) is 1. The lowest BCUT2D eigenvalue weighted by atomic mass is 10.4. The van der Waals surface area contributed by atoms with Crippen LogP contribution < -0.4 is 4.72 Å². The zero-order valence-electron chi connectivity index (χ0n) is 11.0. The summed E-state index contributed by atoms with van der Waals surface area (Å²) in [4.78, 5) is 11.8. The molecular weight excluding hydrogens is 336 g/mol. The Hall–Kier alpha value is -1.35. The molecule has 0 saturated heterocycles. The molecule has 0 radical (unpaired) electrons. The zero-order valence-corrected chi connectivity index (χ0v) is 13.4. The third-order valence-electron chi connectivity index (χ3n) is 2.81. The summed E-state index contributed by atoms with van der Waals surface area (Å²) in [5, 5.41) is 9.04. The number of rotatable bonds is 6. The Morgan fingerprint density at radius 1 is 1.48 bits per heavy atom. The van der Waals surface area contributed by atoms with Crippen LogP contribution >= 0.6 is 22.9 Å². The van der Waals surface area contributed by atoms with Gasteiger partial charge in [0.2, 0.25) is 10.0 Å². The smallest absolute Gasteiger partial charge is 0.352 e. The minimum atomic E-state index is -3.77. The lowest BCUT2D eigenvalue weighted by Crippen LogP contribution is -2.22. The third-order valence-corrected chi connectivity index (χ3v) is 5.41. The predicted octanol–water partition coefficient (Wildman–Crippen LogP) is 2.40. The van der Waals surface area contributed by atoms with Crippen molar-refractivity contribution in [2.75, 3.05) is 0 Å². The highest BCUT2D eigenvalue weighted by atomic mass is 35.5. The van der Waals surface area contributed by atoms with E-state index in [-0.39, 0.29) is 17.1 Å². The predicted molar refractivity (Wildman–Crippen MR) is 80.4 cm³/mol. The van der Waals surface area contributed by atoms with E-state index >= 15 is 0 Å². The summed E-state index contributed by atoms with van der Waals surface area (Å²) in [6.45, 7) is 2.22. The number of nitrogens with one attached hydrogen (secondary N) is 1. The Kier molecular flexibility index (Phi) is 4.72. The number of aromatic nitrogens is 1. The molecule has 9 heteroatoms. The molecule has 0 spiro atoms. The van der Waals surface area contributed by atoms with E-state index in [4.69, 9.17) is 16.7 Å². The first kappa shape index (κ1) is 16.0. The quantitative estimate of drug-likeness (QED) is 0.839. The van der Waals surface area contributed by atoms with Crippen LogP contribution in [0.1, 0.15) is 22.3 Å². The molecule has 0 aromatic carbocycles. The lowest BCUT2D eigenvalue weighted by Gasteiger charge is -2.03. The van der Waals surface area contributed by atoms with E-state index in [1.54, 1.807) is 19.1 Å². The van der Waals surface area contributed by atoms with Crippen molar-refractivity contribution in [2.24, 2.45) is 0 Å². The number of aromatic carboxylic acids is 1. The van der Waals surface area contributed by atoms with Gasteiger partial charge in [0.15, 0.2) is 0 Å². The number of aryl methyl sites for hydroxylation is 1. The van der Waals surface area contributed by atoms with Gasteiger partial charge in [0.1, 0.15) is 10.6 Å². The first-order valence-electron chi connectivity index (χ1n) is 6.01. The van der Waals surface area contributed by atoms with E-state index in [1.165, 1.54) is 22.1 Å². The number of carbonyl (C=O) groups is 1. The maximum absolute atomic E-state index is 12.2. The number of halogens is 1. The molecule has 0 saturated carbocycles. The van der Waals surface area contributed by atoms with Gasteiger partial charge < -0.3 is 9.67 Å². The maximum Gasteiger partial charge on any atom is 0.352 e. The van der Waals surface area contributed by atoms with Crippen molar-refractivity contribution < 1.29 is 18.3 Å². The van der Waals surface area contributed by atoms with Gasteiger partial charge >= 0.3 is 5.97 Å². The van der Waals surface area contributed by atoms with Gasteiger partial charge in [-0.25, -0.2) is 17.9 Å². The van der Waals surface area contributed by atoms with E-state index in [2.05, 4.69) is 4.72 Å². The molecule has 2 aromatic rings. The van der Waals surface area contributed by atoms with Gasteiger partial charge in [0.25, 0.3) is 0 Å². The minimum absolute atomic E-state index is 0.0583. The number of hydrogen-bond donors (Lipinski definition) is 2. The fraction of sp³-hybridized carbons (Fsp3) is 0.250. The molecule has 6 nitrogen and oxygen atoms in total. The molecule has 0 aliphatic rings. The van der Waals surface area contributed by atoms with Crippen molar-refractivity contribution in [1.29, 1.82) is 0 Å². The van der Waals surface area contributed by atoms with Crippen molar-refractivity contribution in [3.05, 3.63) is 39.3 Å². The number of carboxylic acids is 1. The largest absolute Gasteiger partial charge is 0.477 e. The normalized spacial score (nSPS) is 11.7. The molecule has 0 bridgehead atoms. The van der Waals surface area contributed by atoms with Crippen molar-refractivity contribution in [3.63, 3.8) is 0 Å². The van der Waals surface area contributed by atoms with E-state index in [1.807, 2.05) is 0 Å². The van der Waals surface area contributed by atoms with E-state index < -0.39 is 16.0 Å². The molecule has 0 aliphatic carbocycles. The average Bonchev–Trinajstić information content (AvgIpc) is 3.02. The number of nitrogens with zero attached hydrogens (tertiary/aromatic N) is 1. The molecule has 2 rings (SSSR count). The number of hydrogen-bond acceptors (Lipinski definition) is 4. The number of sulfonamides is 1. The molecule has 0 unspecified atom stereocenters. The molecule has 2 N–H and O–H groups in total. The summed E-state index contributed by atoms with van der Waals surface area (Å²) in [5.41, 5.74) is -0.0583. The maximum atomic E-state index is 12.2. The Balaban J connectivity index is 2.21. The van der Waals surface area contributed by atoms with Crippen LogP contribution in [0.15, 0.2) is 29.3 Å². The SMILES string of the molecule is CCn1cc(S(=O)(=O)NCc2ccc(Cl)s2)cc1C(=O)O. The van der Waals surface area contributed by atoms with Crippen LogP contribution in [0.2, 0.25) is 4.34 Å². The van der Waals surface area contributed by atoms with Gasteiger partial charge in [-0.05, 0) is 25.1 Å². The zero-order chi connectivity index (χ0) is 15.6. The highest BCUT2D eigenvalue weighted by Gasteiger charge is 2.20. The van der Waals surface area contributed by atoms with Crippen molar-refractivity contribution in [2.45, 2.75) is 24.9 Å². The molecule has 0 atom stereocenters. The van der Waals surface area contributed by atoms with Crippen LogP contribution in [0.5, 0.6) is 0 Å². The van der Waals surface area contributed by atoms with E-state index in [9.17, 15) is 13.2 Å². The van der Waals surface area contributed by atoms with Crippen LogP contribution in [0.4, 0.5) is 0 Å². The fourth-order valence-electron chi connectivity index (χ4n) is 1.77. The summed E-state index contributed by atoms with van der Waals surface area (Å²) in [6.07, 6.45) is 1.31. The van der Waals surface area contributed by atoms with Gasteiger partial charge in [-0.1, -0.05) is 11.6 Å². The van der Waals surface area contributed by atoms with Crippen LogP contribution in [0.3, 0.4) is 0 Å². The summed E-state index contributed by atoms with van der Waals surface area (Å²) in [5.74, 6) is -1.16. The molecule has 2 heterocycles. The van der Waals surface area contributed by atoms with Crippen LogP contribution in [-0.2, 0) is 23.1 Å². The summed E-state index contributed by atoms with van der Waals surface area (Å²) < 4.78 is 28.7. The highest BCUT2D eigenvalue weighted by Crippen LogP contribution is 2.22. The topological polar surface area (TPSA) is 88.4 Å². The van der Waals surface area contributed by atoms with Crippen LogP contribution in [0.25, 0.3) is 0 Å². The van der Waals surface area contributed by atoms with Crippen LogP contribution in [-0.4, -0.2) is 24.1 Å².